The van der Waals surface area contributed by atoms with E-state index in [0.717, 1.165) is 27.6 Å². The van der Waals surface area contributed by atoms with Crippen LogP contribution in [0.3, 0.4) is 0 Å². The Hall–Kier alpha value is -2.61. The summed E-state index contributed by atoms with van der Waals surface area (Å²) in [6.07, 6.45) is 5.64. The highest BCUT2D eigenvalue weighted by molar-refractivity contribution is 14.1. The number of aromatic nitrogens is 1. The third-order valence-electron chi connectivity index (χ3n) is 6.43. The number of pyridine rings is 1. The second-order valence-corrected chi connectivity index (χ2v) is 13.8. The molecule has 1 aliphatic carbocycles. The quantitative estimate of drug-likeness (QED) is 0.166. The predicted octanol–water partition coefficient (Wildman–Crippen LogP) is 5.89. The van der Waals surface area contributed by atoms with E-state index in [1.165, 1.54) is 10.4 Å². The number of benzene rings is 3. The molecule has 2 unspecified atom stereocenters. The topological polar surface area (TPSA) is 39.2 Å². The van der Waals surface area contributed by atoms with Gasteiger partial charge in [-0.3, -0.25) is 9.78 Å². The molecule has 3 nitrogen and oxygen atoms in total. The van der Waals surface area contributed by atoms with Crippen molar-refractivity contribution in [1.82, 2.24) is 4.98 Å². The van der Waals surface area contributed by atoms with Crippen molar-refractivity contribution in [3.8, 4) is 0 Å². The lowest BCUT2D eigenvalue weighted by molar-refractivity contribution is 0.0898. The van der Waals surface area contributed by atoms with Gasteiger partial charge < -0.3 is 4.43 Å². The van der Waals surface area contributed by atoms with Gasteiger partial charge >= 0.3 is 0 Å². The molecule has 5 rings (SSSR count). The zero-order valence-electron chi connectivity index (χ0n) is 20.1. The minimum absolute atomic E-state index is 0.118. The molecular formula is C30H28INO2Si. The Morgan fingerprint density at radius 3 is 2.17 bits per heavy atom. The van der Waals surface area contributed by atoms with E-state index in [1.807, 2.05) is 18.3 Å². The predicted molar refractivity (Wildman–Crippen MR) is 155 cm³/mol. The van der Waals surface area contributed by atoms with Crippen LogP contribution in [-0.4, -0.2) is 23.7 Å². The van der Waals surface area contributed by atoms with Crippen LogP contribution in [0.25, 0.3) is 16.8 Å². The highest BCUT2D eigenvalue weighted by atomic mass is 127. The van der Waals surface area contributed by atoms with Gasteiger partial charge in [-0.2, -0.15) is 0 Å². The van der Waals surface area contributed by atoms with Crippen molar-refractivity contribution in [2.45, 2.75) is 30.8 Å². The minimum atomic E-state index is -1.96. The Morgan fingerprint density at radius 1 is 0.943 bits per heavy atom. The van der Waals surface area contributed by atoms with Crippen molar-refractivity contribution in [2.75, 3.05) is 0 Å². The first-order valence-corrected chi connectivity index (χ1v) is 14.7. The lowest BCUT2D eigenvalue weighted by atomic mass is 9.84. The van der Waals surface area contributed by atoms with Crippen LogP contribution in [0.15, 0.2) is 91.1 Å². The molecule has 1 aromatic heterocycles. The minimum Gasteiger partial charge on any atom is -0.403 e. The Kier molecular flexibility index (Phi) is 6.75. The molecule has 35 heavy (non-hydrogen) atoms. The van der Waals surface area contributed by atoms with Crippen molar-refractivity contribution in [1.29, 1.82) is 0 Å². The second kappa shape index (κ2) is 9.80. The molecule has 0 saturated heterocycles. The summed E-state index contributed by atoms with van der Waals surface area (Å²) in [7, 11) is -1.96. The fourth-order valence-corrected chi connectivity index (χ4v) is 7.93. The molecule has 0 N–H and O–H groups in total. The maximum atomic E-state index is 12.9. The number of nitrogens with zero attached hydrogens (tertiary/aromatic N) is 1. The SMILES string of the molecule is CC(C)(C)C(O[SiH](c1ccccc1)c1ccccc1)c1ccc2c3c(ncc2c1)C=CC(I)C3=O. The third kappa shape index (κ3) is 4.90. The zero-order chi connectivity index (χ0) is 24.6. The molecule has 3 aromatic carbocycles. The van der Waals surface area contributed by atoms with Gasteiger partial charge in [0.05, 0.1) is 21.3 Å². The van der Waals surface area contributed by atoms with Gasteiger partial charge in [0.15, 0.2) is 5.78 Å². The van der Waals surface area contributed by atoms with E-state index >= 15 is 0 Å². The van der Waals surface area contributed by atoms with E-state index in [4.69, 9.17) is 4.43 Å². The number of ketones is 1. The van der Waals surface area contributed by atoms with E-state index < -0.39 is 9.04 Å². The van der Waals surface area contributed by atoms with Crippen LogP contribution in [0.5, 0.6) is 0 Å². The largest absolute Gasteiger partial charge is 0.403 e. The summed E-state index contributed by atoms with van der Waals surface area (Å²) in [5.41, 5.74) is 2.47. The molecule has 0 amide bonds. The first kappa shape index (κ1) is 24.1. The first-order valence-electron chi connectivity index (χ1n) is 11.9. The maximum absolute atomic E-state index is 12.9. The van der Waals surface area contributed by atoms with E-state index in [0.29, 0.717) is 0 Å². The zero-order valence-corrected chi connectivity index (χ0v) is 23.4. The third-order valence-corrected chi connectivity index (χ3v) is 9.94. The maximum Gasteiger partial charge on any atom is 0.240 e. The number of carbonyl (C=O) groups excluding carboxylic acids is 1. The lowest BCUT2D eigenvalue weighted by Gasteiger charge is -2.35. The van der Waals surface area contributed by atoms with Crippen LogP contribution in [0.1, 0.15) is 48.5 Å². The molecule has 5 heteroatoms. The standard InChI is InChI=1S/C30H28INO2Si/c1-30(2,3)29(34-35(22-10-6-4-7-11-22)23-12-8-5-9-13-23)20-14-15-24-21(18-20)19-32-26-17-16-25(31)28(33)27(24)26/h4-19,25,29,35H,1-3H3. The molecule has 0 spiro atoms. The summed E-state index contributed by atoms with van der Waals surface area (Å²) < 4.78 is 6.96. The normalized spacial score (nSPS) is 16.5. The van der Waals surface area contributed by atoms with Crippen LogP contribution in [-0.2, 0) is 4.43 Å². The van der Waals surface area contributed by atoms with Crippen molar-refractivity contribution >= 4 is 64.6 Å². The van der Waals surface area contributed by atoms with Crippen LogP contribution >= 0.6 is 22.6 Å². The number of rotatable bonds is 5. The second-order valence-electron chi connectivity index (χ2n) is 10.1. The summed E-state index contributed by atoms with van der Waals surface area (Å²) in [5.74, 6) is 0.123. The van der Waals surface area contributed by atoms with Gasteiger partial charge in [-0.05, 0) is 38.9 Å². The summed E-state index contributed by atoms with van der Waals surface area (Å²) in [5, 5.41) is 4.45. The average Bonchev–Trinajstić information content (AvgIpc) is 2.86. The molecule has 0 aliphatic heterocycles. The lowest BCUT2D eigenvalue weighted by Crippen LogP contribution is -2.47. The fraction of sp³-hybridized carbons (Fsp3) is 0.200. The summed E-state index contributed by atoms with van der Waals surface area (Å²) in [4.78, 5) is 17.6. The Morgan fingerprint density at radius 2 is 1.57 bits per heavy atom. The highest BCUT2D eigenvalue weighted by Crippen LogP contribution is 2.38. The number of hydrogen-bond donors (Lipinski definition) is 0. The fourth-order valence-electron chi connectivity index (χ4n) is 4.73. The molecule has 0 bridgehead atoms. The van der Waals surface area contributed by atoms with Crippen LogP contribution < -0.4 is 10.4 Å². The Bertz CT molecular complexity index is 1360. The van der Waals surface area contributed by atoms with Crippen LogP contribution in [0, 0.1) is 5.41 Å². The summed E-state index contributed by atoms with van der Waals surface area (Å²) in [6, 6.07) is 27.5. The molecule has 1 heterocycles. The summed E-state index contributed by atoms with van der Waals surface area (Å²) in [6.45, 7) is 6.68. The van der Waals surface area contributed by atoms with Crippen molar-refractivity contribution in [3.05, 3.63) is 108 Å². The van der Waals surface area contributed by atoms with E-state index in [-0.39, 0.29) is 21.2 Å². The number of halogens is 1. The van der Waals surface area contributed by atoms with E-state index in [2.05, 4.69) is 127 Å². The first-order chi connectivity index (χ1) is 16.8. The summed E-state index contributed by atoms with van der Waals surface area (Å²) >= 11 is 2.18. The average molecular weight is 590 g/mol. The number of fused-ring (bicyclic) bond motifs is 3. The van der Waals surface area contributed by atoms with Crippen molar-refractivity contribution in [2.24, 2.45) is 5.41 Å². The van der Waals surface area contributed by atoms with Crippen molar-refractivity contribution in [3.63, 3.8) is 0 Å². The molecule has 4 aromatic rings. The van der Waals surface area contributed by atoms with E-state index in [9.17, 15) is 4.79 Å². The number of allylic oxidation sites excluding steroid dienone is 1. The van der Waals surface area contributed by atoms with Gasteiger partial charge in [0.25, 0.3) is 0 Å². The Labute approximate surface area is 222 Å². The van der Waals surface area contributed by atoms with Gasteiger partial charge in [-0.25, -0.2) is 0 Å². The molecule has 0 fully saturated rings. The smallest absolute Gasteiger partial charge is 0.240 e. The van der Waals surface area contributed by atoms with Gasteiger partial charge in [0, 0.05) is 11.6 Å². The molecule has 176 valence electrons. The number of hydrogen-bond acceptors (Lipinski definition) is 3. The number of alkyl halides is 1. The van der Waals surface area contributed by atoms with Gasteiger partial charge in [0.2, 0.25) is 9.04 Å². The van der Waals surface area contributed by atoms with Gasteiger partial charge in [-0.15, -0.1) is 0 Å². The van der Waals surface area contributed by atoms with Gasteiger partial charge in [-0.1, -0.05) is 122 Å². The molecule has 0 radical (unpaired) electrons. The molecular weight excluding hydrogens is 561 g/mol. The van der Waals surface area contributed by atoms with Crippen LogP contribution in [0.4, 0.5) is 0 Å². The number of Topliss-reactive ketones (excluding diaryl/α,β-unsaturated/α-hetero) is 1. The molecule has 2 atom stereocenters. The number of carbonyl (C=O) groups is 1. The highest BCUT2D eigenvalue weighted by Gasteiger charge is 2.32. The Balaban J connectivity index is 1.59. The van der Waals surface area contributed by atoms with Gasteiger partial charge in [0.1, 0.15) is 0 Å². The van der Waals surface area contributed by atoms with Crippen molar-refractivity contribution < 1.29 is 9.22 Å². The van der Waals surface area contributed by atoms with E-state index in [1.54, 1.807) is 0 Å². The molecule has 0 saturated carbocycles. The molecule has 1 aliphatic rings. The monoisotopic (exact) mass is 589 g/mol. The van der Waals surface area contributed by atoms with Crippen LogP contribution in [0.2, 0.25) is 0 Å².